The molecule has 0 bridgehead atoms. The van der Waals surface area contributed by atoms with Gasteiger partial charge in [-0.05, 0) is 43.5 Å². The van der Waals surface area contributed by atoms with Gasteiger partial charge < -0.3 is 20.1 Å². The van der Waals surface area contributed by atoms with E-state index in [0.29, 0.717) is 6.54 Å². The van der Waals surface area contributed by atoms with E-state index in [-0.39, 0.29) is 17.9 Å². The first kappa shape index (κ1) is 19.2. The number of nitrogens with one attached hydrogen (secondary N) is 2. The minimum atomic E-state index is -0.577. The van der Waals surface area contributed by atoms with Crippen molar-refractivity contribution in [1.82, 2.24) is 5.32 Å². The highest BCUT2D eigenvalue weighted by molar-refractivity contribution is 5.76. The molecule has 1 aromatic carbocycles. The lowest BCUT2D eigenvalue weighted by molar-refractivity contribution is -0.937. The SMILES string of the molecule is CCCNC(=O)C[NH+]1CC[C@@]2(O)CCCC[C@H]2[C@@H]1c1ccc(OC)cc1. The predicted octanol–water partition coefficient (Wildman–Crippen LogP) is 1.47. The molecule has 4 atom stereocenters. The number of likely N-dealkylation sites (tertiary alicyclic amines) is 1. The minimum absolute atomic E-state index is 0.113. The number of rotatable bonds is 6. The second kappa shape index (κ2) is 8.40. The molecule has 26 heavy (non-hydrogen) atoms. The monoisotopic (exact) mass is 361 g/mol. The lowest BCUT2D eigenvalue weighted by Crippen LogP contribution is -3.16. The summed E-state index contributed by atoms with van der Waals surface area (Å²) < 4.78 is 5.30. The summed E-state index contributed by atoms with van der Waals surface area (Å²) in [4.78, 5) is 13.7. The Morgan fingerprint density at radius 3 is 2.77 bits per heavy atom. The molecule has 1 aliphatic heterocycles. The second-order valence-corrected chi connectivity index (χ2v) is 7.89. The normalized spacial score (nSPS) is 31.1. The fourth-order valence-electron chi connectivity index (χ4n) is 4.86. The molecule has 0 spiro atoms. The van der Waals surface area contributed by atoms with Gasteiger partial charge in [0, 0.05) is 24.4 Å². The van der Waals surface area contributed by atoms with Crippen LogP contribution in [0.2, 0.25) is 0 Å². The predicted molar refractivity (Wildman–Crippen MR) is 101 cm³/mol. The molecule has 2 fully saturated rings. The molecule has 144 valence electrons. The van der Waals surface area contributed by atoms with E-state index in [1.807, 2.05) is 12.1 Å². The van der Waals surface area contributed by atoms with Crippen molar-refractivity contribution in [1.29, 1.82) is 0 Å². The van der Waals surface area contributed by atoms with Crippen LogP contribution < -0.4 is 15.0 Å². The summed E-state index contributed by atoms with van der Waals surface area (Å²) in [5.74, 6) is 1.17. The largest absolute Gasteiger partial charge is 0.497 e. The number of piperidine rings is 1. The Hall–Kier alpha value is -1.59. The number of carbonyl (C=O) groups is 1. The van der Waals surface area contributed by atoms with Gasteiger partial charge in [0.05, 0.1) is 19.3 Å². The molecule has 1 heterocycles. The highest BCUT2D eigenvalue weighted by Crippen LogP contribution is 2.44. The van der Waals surface area contributed by atoms with Gasteiger partial charge in [-0.2, -0.15) is 0 Å². The van der Waals surface area contributed by atoms with Crippen molar-refractivity contribution in [3.63, 3.8) is 0 Å². The van der Waals surface area contributed by atoms with E-state index in [4.69, 9.17) is 4.74 Å². The Morgan fingerprint density at radius 1 is 1.31 bits per heavy atom. The van der Waals surface area contributed by atoms with Crippen LogP contribution in [0.1, 0.15) is 57.1 Å². The molecule has 3 N–H and O–H groups in total. The van der Waals surface area contributed by atoms with Crippen LogP contribution in [0, 0.1) is 5.92 Å². The fourth-order valence-corrected chi connectivity index (χ4v) is 4.86. The second-order valence-electron chi connectivity index (χ2n) is 7.89. The van der Waals surface area contributed by atoms with Crippen molar-refractivity contribution in [2.45, 2.75) is 57.1 Å². The van der Waals surface area contributed by atoms with Gasteiger partial charge in [0.2, 0.25) is 0 Å². The first-order valence-electron chi connectivity index (χ1n) is 10.0. The molecule has 1 aliphatic carbocycles. The van der Waals surface area contributed by atoms with Gasteiger partial charge in [0.15, 0.2) is 6.54 Å². The van der Waals surface area contributed by atoms with Crippen molar-refractivity contribution < 1.29 is 19.5 Å². The Bertz CT molecular complexity index is 604. The zero-order valence-corrected chi connectivity index (χ0v) is 16.1. The first-order valence-corrected chi connectivity index (χ1v) is 10.0. The van der Waals surface area contributed by atoms with E-state index < -0.39 is 5.60 Å². The zero-order chi connectivity index (χ0) is 18.6. The van der Waals surface area contributed by atoms with Crippen LogP contribution >= 0.6 is 0 Å². The van der Waals surface area contributed by atoms with Crippen LogP contribution in [0.3, 0.4) is 0 Å². The summed E-state index contributed by atoms with van der Waals surface area (Å²) in [6.07, 6.45) is 5.93. The van der Waals surface area contributed by atoms with Crippen molar-refractivity contribution >= 4 is 5.91 Å². The number of fused-ring (bicyclic) bond motifs is 1. The summed E-state index contributed by atoms with van der Waals surface area (Å²) in [5.41, 5.74) is 0.626. The number of hydrogen-bond acceptors (Lipinski definition) is 3. The maximum Gasteiger partial charge on any atom is 0.275 e. The summed E-state index contributed by atoms with van der Waals surface area (Å²) in [7, 11) is 1.67. The lowest BCUT2D eigenvalue weighted by Gasteiger charge is -2.50. The molecule has 0 aromatic heterocycles. The standard InChI is InChI=1S/C21H32N2O3/c1-3-13-22-19(24)15-23-14-12-21(25)11-5-4-6-18(21)20(23)16-7-9-17(26-2)10-8-16/h7-10,18,20,25H,3-6,11-15H2,1-2H3,(H,22,24)/p+1/t18-,20-,21-/m0/s1. The third-order valence-electron chi connectivity index (χ3n) is 6.22. The molecule has 5 nitrogen and oxygen atoms in total. The number of aliphatic hydroxyl groups is 1. The molecule has 1 unspecified atom stereocenters. The number of hydrogen-bond donors (Lipinski definition) is 3. The third-order valence-corrected chi connectivity index (χ3v) is 6.22. The maximum atomic E-state index is 12.4. The molecule has 1 saturated heterocycles. The number of benzene rings is 1. The first-order chi connectivity index (χ1) is 12.6. The highest BCUT2D eigenvalue weighted by atomic mass is 16.5. The van der Waals surface area contributed by atoms with Crippen LogP contribution in [-0.4, -0.2) is 43.4 Å². The molecular formula is C21H33N2O3+. The molecule has 1 aromatic rings. The van der Waals surface area contributed by atoms with Gasteiger partial charge in [-0.1, -0.05) is 19.8 Å². The Kier molecular flexibility index (Phi) is 6.20. The van der Waals surface area contributed by atoms with Gasteiger partial charge in [0.25, 0.3) is 5.91 Å². The Morgan fingerprint density at radius 2 is 2.08 bits per heavy atom. The van der Waals surface area contributed by atoms with Crippen LogP contribution in [0.25, 0.3) is 0 Å². The van der Waals surface area contributed by atoms with E-state index in [2.05, 4.69) is 24.4 Å². The summed E-state index contributed by atoms with van der Waals surface area (Å²) in [5, 5.41) is 14.3. The molecule has 1 amide bonds. The van der Waals surface area contributed by atoms with E-state index >= 15 is 0 Å². The van der Waals surface area contributed by atoms with Crippen LogP contribution in [0.4, 0.5) is 0 Å². The molecular weight excluding hydrogens is 328 g/mol. The quantitative estimate of drug-likeness (QED) is 0.719. The zero-order valence-electron chi connectivity index (χ0n) is 16.1. The number of ether oxygens (including phenoxy) is 1. The van der Waals surface area contributed by atoms with Gasteiger partial charge in [-0.25, -0.2) is 0 Å². The topological polar surface area (TPSA) is 63.0 Å². The minimum Gasteiger partial charge on any atom is -0.497 e. The number of methoxy groups -OCH3 is 1. The molecule has 1 saturated carbocycles. The van der Waals surface area contributed by atoms with E-state index in [0.717, 1.165) is 57.4 Å². The van der Waals surface area contributed by atoms with Crippen LogP contribution in [0.5, 0.6) is 5.75 Å². The van der Waals surface area contributed by atoms with Crippen molar-refractivity contribution in [2.24, 2.45) is 5.92 Å². The van der Waals surface area contributed by atoms with Gasteiger partial charge >= 0.3 is 0 Å². The van der Waals surface area contributed by atoms with Crippen LogP contribution in [0.15, 0.2) is 24.3 Å². The highest BCUT2D eigenvalue weighted by Gasteiger charge is 2.51. The molecule has 2 aliphatic rings. The Labute approximate surface area is 156 Å². The Balaban J connectivity index is 1.85. The fraction of sp³-hybridized carbons (Fsp3) is 0.667. The third kappa shape index (κ3) is 4.04. The van der Waals surface area contributed by atoms with Crippen LogP contribution in [-0.2, 0) is 4.79 Å². The summed E-state index contributed by atoms with van der Waals surface area (Å²) in [6.45, 7) is 4.11. The average Bonchev–Trinajstić information content (AvgIpc) is 2.66. The van der Waals surface area contributed by atoms with Crippen molar-refractivity contribution in [3.05, 3.63) is 29.8 Å². The van der Waals surface area contributed by atoms with Gasteiger partial charge in [-0.3, -0.25) is 4.79 Å². The average molecular weight is 362 g/mol. The number of quaternary nitrogens is 1. The lowest BCUT2D eigenvalue weighted by atomic mass is 9.66. The maximum absolute atomic E-state index is 12.4. The van der Waals surface area contributed by atoms with E-state index in [1.54, 1.807) is 7.11 Å². The van der Waals surface area contributed by atoms with E-state index in [9.17, 15) is 9.90 Å². The summed E-state index contributed by atoms with van der Waals surface area (Å²) >= 11 is 0. The number of amides is 1. The van der Waals surface area contributed by atoms with E-state index in [1.165, 1.54) is 10.5 Å². The number of carbonyl (C=O) groups excluding carboxylic acids is 1. The smallest absolute Gasteiger partial charge is 0.275 e. The summed E-state index contributed by atoms with van der Waals surface area (Å²) in [6, 6.07) is 8.34. The van der Waals surface area contributed by atoms with Crippen molar-refractivity contribution in [3.8, 4) is 5.75 Å². The molecule has 3 rings (SSSR count). The molecule has 0 radical (unpaired) electrons. The molecule has 5 heteroatoms. The van der Waals surface area contributed by atoms with Gasteiger partial charge in [0.1, 0.15) is 11.8 Å². The van der Waals surface area contributed by atoms with Gasteiger partial charge in [-0.15, -0.1) is 0 Å². The van der Waals surface area contributed by atoms with Crippen molar-refractivity contribution in [2.75, 3.05) is 26.7 Å².